The predicted molar refractivity (Wildman–Crippen MR) is 93.3 cm³/mol. The molecular weight excluding hydrogens is 383 g/mol. The molecule has 1 aromatic heterocycles. The monoisotopic (exact) mass is 399 g/mol. The molecule has 0 bridgehead atoms. The van der Waals surface area contributed by atoms with Gasteiger partial charge in [-0.2, -0.15) is 13.2 Å². The maximum atomic E-state index is 13.4. The zero-order valence-corrected chi connectivity index (χ0v) is 14.8. The normalized spacial score (nSPS) is 20.9. The van der Waals surface area contributed by atoms with Crippen LogP contribution in [0.5, 0.6) is 0 Å². The van der Waals surface area contributed by atoms with Crippen molar-refractivity contribution >= 4 is 17.6 Å². The summed E-state index contributed by atoms with van der Waals surface area (Å²) < 4.78 is 45.9. The second-order valence-electron chi connectivity index (χ2n) is 6.11. The Morgan fingerprint density at radius 3 is 2.48 bits per heavy atom. The Bertz CT molecular complexity index is 772. The van der Waals surface area contributed by atoms with Gasteiger partial charge in [0.25, 0.3) is 0 Å². The Hall–Kier alpha value is -2.32. The molecule has 27 heavy (non-hydrogen) atoms. The molecule has 3 atom stereocenters. The summed E-state index contributed by atoms with van der Waals surface area (Å²) in [7, 11) is 0. The van der Waals surface area contributed by atoms with Gasteiger partial charge in [-0.3, -0.25) is 4.98 Å². The van der Waals surface area contributed by atoms with Crippen LogP contribution in [-0.4, -0.2) is 29.8 Å². The summed E-state index contributed by atoms with van der Waals surface area (Å²) in [4.78, 5) is 16.2. The molecule has 2 amide bonds. The number of hydrogen-bond acceptors (Lipinski definition) is 3. The van der Waals surface area contributed by atoms with Crippen molar-refractivity contribution in [2.45, 2.75) is 30.8 Å². The van der Waals surface area contributed by atoms with Gasteiger partial charge in [0.15, 0.2) is 6.04 Å². The number of alkyl halides is 3. The minimum atomic E-state index is -4.65. The van der Waals surface area contributed by atoms with E-state index in [2.05, 4.69) is 10.3 Å². The van der Waals surface area contributed by atoms with E-state index in [-0.39, 0.29) is 5.56 Å². The fraction of sp³-hybridized carbons (Fsp3) is 0.333. The number of amides is 2. The van der Waals surface area contributed by atoms with Gasteiger partial charge >= 0.3 is 12.2 Å². The van der Waals surface area contributed by atoms with E-state index in [1.54, 1.807) is 24.5 Å². The predicted octanol–water partition coefficient (Wildman–Crippen LogP) is 4.17. The van der Waals surface area contributed by atoms with Crippen LogP contribution in [0.1, 0.15) is 29.7 Å². The van der Waals surface area contributed by atoms with Crippen molar-refractivity contribution in [3.05, 3.63) is 64.9 Å². The summed E-state index contributed by atoms with van der Waals surface area (Å²) >= 11 is 5.72. The maximum absolute atomic E-state index is 13.4. The molecule has 1 aliphatic rings. The van der Waals surface area contributed by atoms with Crippen molar-refractivity contribution < 1.29 is 22.7 Å². The zero-order chi connectivity index (χ0) is 19.4. The third-order valence-corrected chi connectivity index (χ3v) is 4.50. The molecule has 0 spiro atoms. The van der Waals surface area contributed by atoms with Gasteiger partial charge in [0.1, 0.15) is 6.10 Å². The zero-order valence-electron chi connectivity index (χ0n) is 14.0. The van der Waals surface area contributed by atoms with Gasteiger partial charge < -0.3 is 15.4 Å². The first kappa shape index (κ1) is 19.4. The van der Waals surface area contributed by atoms with Crippen LogP contribution in [0.25, 0.3) is 0 Å². The lowest BCUT2D eigenvalue weighted by atomic mass is 10.0. The average molecular weight is 400 g/mol. The second-order valence-corrected chi connectivity index (χ2v) is 6.55. The van der Waals surface area contributed by atoms with E-state index < -0.39 is 30.4 Å². The Kier molecular flexibility index (Phi) is 5.86. The lowest BCUT2D eigenvalue weighted by Gasteiger charge is -2.25. The number of urea groups is 1. The van der Waals surface area contributed by atoms with Gasteiger partial charge in [-0.25, -0.2) is 4.79 Å². The molecule has 5 nitrogen and oxygen atoms in total. The molecule has 9 heteroatoms. The van der Waals surface area contributed by atoms with Crippen molar-refractivity contribution in [3.63, 3.8) is 0 Å². The second kappa shape index (κ2) is 8.14. The number of nitrogens with one attached hydrogen (secondary N) is 2. The van der Waals surface area contributed by atoms with Gasteiger partial charge in [-0.15, -0.1) is 0 Å². The van der Waals surface area contributed by atoms with Crippen LogP contribution in [0.3, 0.4) is 0 Å². The fourth-order valence-corrected chi connectivity index (χ4v) is 3.10. The Labute approximate surface area is 158 Å². The molecule has 2 aromatic rings. The number of rotatable bonds is 4. The molecule has 0 saturated carbocycles. The van der Waals surface area contributed by atoms with Crippen LogP contribution in [-0.2, 0) is 4.74 Å². The molecular formula is C18H17ClF3N3O2. The molecule has 1 aromatic carbocycles. The minimum absolute atomic E-state index is 0.101. The summed E-state index contributed by atoms with van der Waals surface area (Å²) in [6, 6.07) is 5.16. The molecule has 0 radical (unpaired) electrons. The van der Waals surface area contributed by atoms with E-state index in [9.17, 15) is 18.0 Å². The Balaban J connectivity index is 1.70. The first-order chi connectivity index (χ1) is 12.8. The van der Waals surface area contributed by atoms with E-state index in [1.807, 2.05) is 5.32 Å². The van der Waals surface area contributed by atoms with Crippen molar-refractivity contribution in [2.24, 2.45) is 0 Å². The van der Waals surface area contributed by atoms with Gasteiger partial charge in [0.2, 0.25) is 0 Å². The van der Waals surface area contributed by atoms with Crippen LogP contribution in [0.4, 0.5) is 18.0 Å². The Morgan fingerprint density at radius 1 is 1.19 bits per heavy atom. The summed E-state index contributed by atoms with van der Waals surface area (Å²) in [5, 5.41) is 4.91. The fourth-order valence-electron chi connectivity index (χ4n) is 2.97. The van der Waals surface area contributed by atoms with Crippen LogP contribution in [0.15, 0.2) is 48.8 Å². The lowest BCUT2D eigenvalue weighted by molar-refractivity contribution is -0.155. The smallest absolute Gasteiger partial charge is 0.371 e. The highest BCUT2D eigenvalue weighted by molar-refractivity contribution is 6.30. The molecule has 1 aliphatic heterocycles. The molecule has 2 N–H and O–H groups in total. The van der Waals surface area contributed by atoms with Gasteiger partial charge in [-0.05, 0) is 41.8 Å². The van der Waals surface area contributed by atoms with Crippen LogP contribution in [0.2, 0.25) is 5.02 Å². The molecule has 1 unspecified atom stereocenters. The molecule has 2 heterocycles. The summed E-state index contributed by atoms with van der Waals surface area (Å²) in [5.74, 6) is 0. The first-order valence-electron chi connectivity index (χ1n) is 8.25. The van der Waals surface area contributed by atoms with Crippen LogP contribution in [0, 0.1) is 0 Å². The standard InChI is InChI=1S/C18H17ClF3N3O2/c19-13-3-1-12(2-4-13)16(18(20,21)22)25-17(26)24-14-7-10-27-15(14)11-5-8-23-9-6-11/h1-6,8-9,14-16H,7,10H2,(H2,24,25,26)/t14-,15+,16?/m1/s1. The number of pyridine rings is 1. The van der Waals surface area contributed by atoms with Crippen molar-refractivity contribution in [3.8, 4) is 0 Å². The number of benzene rings is 1. The van der Waals surface area contributed by atoms with E-state index in [0.717, 1.165) is 5.56 Å². The summed E-state index contributed by atoms with van der Waals surface area (Å²) in [6.07, 6.45) is -1.40. The number of aromatic nitrogens is 1. The molecule has 1 fully saturated rings. The number of nitrogens with zero attached hydrogens (tertiary/aromatic N) is 1. The van der Waals surface area contributed by atoms with Crippen molar-refractivity contribution in [1.82, 2.24) is 15.6 Å². The van der Waals surface area contributed by atoms with Gasteiger partial charge in [-0.1, -0.05) is 23.7 Å². The van der Waals surface area contributed by atoms with Crippen LogP contribution < -0.4 is 10.6 Å². The third-order valence-electron chi connectivity index (χ3n) is 4.25. The highest BCUT2D eigenvalue weighted by Gasteiger charge is 2.42. The maximum Gasteiger partial charge on any atom is 0.412 e. The number of halogens is 4. The quantitative estimate of drug-likeness (QED) is 0.811. The van der Waals surface area contributed by atoms with Gasteiger partial charge in [0, 0.05) is 24.0 Å². The van der Waals surface area contributed by atoms with Crippen molar-refractivity contribution in [2.75, 3.05) is 6.61 Å². The van der Waals surface area contributed by atoms with Crippen molar-refractivity contribution in [1.29, 1.82) is 0 Å². The SMILES string of the molecule is O=C(NC(c1ccc(Cl)cc1)C(F)(F)F)N[C@@H]1CCO[C@H]1c1ccncc1. The molecule has 0 aliphatic carbocycles. The van der Waals surface area contributed by atoms with Gasteiger partial charge in [0.05, 0.1) is 6.04 Å². The molecule has 144 valence electrons. The topological polar surface area (TPSA) is 63.2 Å². The number of carbonyl (C=O) groups is 1. The summed E-state index contributed by atoms with van der Waals surface area (Å²) in [6.45, 7) is 0.401. The minimum Gasteiger partial charge on any atom is -0.371 e. The Morgan fingerprint density at radius 2 is 1.85 bits per heavy atom. The van der Waals surface area contributed by atoms with E-state index >= 15 is 0 Å². The lowest BCUT2D eigenvalue weighted by Crippen LogP contribution is -2.47. The highest BCUT2D eigenvalue weighted by Crippen LogP contribution is 2.33. The first-order valence-corrected chi connectivity index (χ1v) is 8.63. The van der Waals surface area contributed by atoms with Crippen LogP contribution >= 0.6 is 11.6 Å². The average Bonchev–Trinajstić information content (AvgIpc) is 3.08. The number of ether oxygens (including phenoxy) is 1. The van der Waals surface area contributed by atoms with E-state index in [4.69, 9.17) is 16.3 Å². The molecule has 3 rings (SSSR count). The third kappa shape index (κ3) is 4.90. The largest absolute Gasteiger partial charge is 0.412 e. The highest BCUT2D eigenvalue weighted by atomic mass is 35.5. The number of carbonyl (C=O) groups excluding carboxylic acids is 1. The summed E-state index contributed by atoms with van der Waals surface area (Å²) in [5.41, 5.74) is 0.702. The number of hydrogen-bond donors (Lipinski definition) is 2. The van der Waals surface area contributed by atoms with E-state index in [0.29, 0.717) is 18.1 Å². The molecule has 1 saturated heterocycles. The van der Waals surface area contributed by atoms with E-state index in [1.165, 1.54) is 24.3 Å².